The molecule has 0 spiro atoms. The lowest BCUT2D eigenvalue weighted by Crippen LogP contribution is -2.10. The molecular weight excluding hydrogens is 1160 g/mol. The van der Waals surface area contributed by atoms with Crippen LogP contribution >= 0.6 is 0 Å². The first-order valence-electron chi connectivity index (χ1n) is 32.8. The molecule has 0 aromatic heterocycles. The van der Waals surface area contributed by atoms with E-state index in [0.717, 1.165) is 51.2 Å². The van der Waals surface area contributed by atoms with E-state index in [4.69, 9.17) is 0 Å². The zero-order chi connectivity index (χ0) is 64.6. The highest BCUT2D eigenvalue weighted by Crippen LogP contribution is 2.41. The monoisotopic (exact) mass is 1230 g/mol. The fraction of sp³-hybridized carbons (Fsp3) is 0.0217. The number of anilines is 10. The number of rotatable bonds is 15. The smallest absolute Gasteiger partial charge is 0.0468 e. The Morgan fingerprint density at radius 1 is 0.135 bits per heavy atom. The van der Waals surface area contributed by atoms with Gasteiger partial charge in [-0.3, -0.25) is 0 Å². The van der Waals surface area contributed by atoms with Crippen LogP contribution in [-0.2, 0) is 0 Å². The molecule has 16 rings (SSSR count). The van der Waals surface area contributed by atoms with Crippen molar-refractivity contribution >= 4 is 89.2 Å². The van der Waals surface area contributed by atoms with Gasteiger partial charge in [-0.25, -0.2) is 0 Å². The molecule has 0 aliphatic carbocycles. The highest BCUT2D eigenvalue weighted by Gasteiger charge is 2.17. The van der Waals surface area contributed by atoms with Gasteiger partial charge in [-0.1, -0.05) is 267 Å². The topological polar surface area (TPSA) is 13.0 Å². The molecule has 0 aliphatic heterocycles. The molecule has 0 unspecified atom stereocenters. The molecule has 0 heterocycles. The molecule has 96 heavy (non-hydrogen) atoms. The maximum Gasteiger partial charge on any atom is 0.0468 e. The predicted octanol–water partition coefficient (Wildman–Crippen LogP) is 25.6. The Labute approximate surface area is 563 Å². The molecule has 0 saturated heterocycles. The summed E-state index contributed by atoms with van der Waals surface area (Å²) in [5.74, 6) is 0. The first-order valence-corrected chi connectivity index (χ1v) is 32.8. The van der Waals surface area contributed by atoms with Gasteiger partial charge in [0, 0.05) is 71.0 Å². The van der Waals surface area contributed by atoms with Gasteiger partial charge >= 0.3 is 0 Å². The number of hydrogen-bond donors (Lipinski definition) is 0. The Bertz CT molecular complexity index is 5250. The van der Waals surface area contributed by atoms with E-state index < -0.39 is 0 Å². The summed E-state index contributed by atoms with van der Waals surface area (Å²) in [6, 6.07) is 139. The van der Waals surface area contributed by atoms with E-state index >= 15 is 0 Å². The minimum Gasteiger partial charge on any atom is -0.345 e. The summed E-state index contributed by atoms with van der Waals surface area (Å²) in [5.41, 5.74) is 23.4. The summed E-state index contributed by atoms with van der Waals surface area (Å²) in [6.07, 6.45) is 0. The number of fused-ring (bicyclic) bond motifs is 3. The first kappa shape index (κ1) is 59.8. The molecule has 0 radical (unpaired) electrons. The maximum absolute atomic E-state index is 2.34. The second kappa shape index (κ2) is 27.4. The van der Waals surface area contributed by atoms with Crippen LogP contribution in [0.3, 0.4) is 0 Å². The molecule has 0 fully saturated rings. The fourth-order valence-electron chi connectivity index (χ4n) is 12.9. The summed E-state index contributed by atoms with van der Waals surface area (Å²) in [5, 5.41) is 7.42. The first-order chi connectivity index (χ1) is 47.4. The highest BCUT2D eigenvalue weighted by molar-refractivity contribution is 5.92. The van der Waals surface area contributed by atoms with Crippen LogP contribution in [0.5, 0.6) is 0 Å². The van der Waals surface area contributed by atoms with E-state index in [1.165, 1.54) is 93.6 Å². The SMILES string of the molecule is CN(c1ccc(-c2ccc(N(c3ccc(-c4ccccc4)cc3)c3ccc4ccccc4c3)cc2)cc1)c1ccc2ccccc2c1.CN(c1ccc(-c2ccccc2)cc1)c1ccc(-c2ccc(N(c3ccc(-c4ccccc4)cc3)c3ccc4ccccc4c3)cc2)cc1. The average molecular weight is 1230 g/mol. The van der Waals surface area contributed by atoms with Gasteiger partial charge in [0.25, 0.3) is 0 Å². The zero-order valence-electron chi connectivity index (χ0n) is 53.7. The van der Waals surface area contributed by atoms with Crippen molar-refractivity contribution in [2.45, 2.75) is 0 Å². The lowest BCUT2D eigenvalue weighted by molar-refractivity contribution is 1.21. The Kier molecular flexibility index (Phi) is 17.0. The van der Waals surface area contributed by atoms with Crippen LogP contribution in [0.25, 0.3) is 88.0 Å². The molecule has 0 bridgehead atoms. The Hall–Kier alpha value is -12.5. The van der Waals surface area contributed by atoms with E-state index in [-0.39, 0.29) is 0 Å². The molecule has 0 N–H and O–H groups in total. The maximum atomic E-state index is 2.34. The molecule has 16 aromatic carbocycles. The summed E-state index contributed by atoms with van der Waals surface area (Å²) in [4.78, 5) is 9.15. The largest absolute Gasteiger partial charge is 0.345 e. The van der Waals surface area contributed by atoms with Crippen molar-refractivity contribution in [3.63, 3.8) is 0 Å². The molecule has 16 aromatic rings. The van der Waals surface area contributed by atoms with Crippen molar-refractivity contribution in [3.8, 4) is 55.6 Å². The molecule has 4 nitrogen and oxygen atoms in total. The van der Waals surface area contributed by atoms with Crippen LogP contribution in [0.1, 0.15) is 0 Å². The van der Waals surface area contributed by atoms with E-state index in [0.29, 0.717) is 0 Å². The number of hydrogen-bond acceptors (Lipinski definition) is 4. The van der Waals surface area contributed by atoms with Gasteiger partial charge in [-0.2, -0.15) is 0 Å². The molecule has 458 valence electrons. The van der Waals surface area contributed by atoms with Crippen molar-refractivity contribution in [1.82, 2.24) is 0 Å². The van der Waals surface area contributed by atoms with Gasteiger partial charge in [0.1, 0.15) is 0 Å². The summed E-state index contributed by atoms with van der Waals surface area (Å²) < 4.78 is 0. The second-order valence-electron chi connectivity index (χ2n) is 24.3. The van der Waals surface area contributed by atoms with Crippen molar-refractivity contribution in [3.05, 3.63) is 388 Å². The third kappa shape index (κ3) is 13.0. The lowest BCUT2D eigenvalue weighted by atomic mass is 10.0. The summed E-state index contributed by atoms with van der Waals surface area (Å²) in [7, 11) is 4.25. The Morgan fingerprint density at radius 3 is 0.573 bits per heavy atom. The van der Waals surface area contributed by atoms with E-state index in [2.05, 4.69) is 422 Å². The van der Waals surface area contributed by atoms with Crippen LogP contribution < -0.4 is 19.6 Å². The molecule has 0 saturated carbocycles. The second-order valence-corrected chi connectivity index (χ2v) is 24.3. The van der Waals surface area contributed by atoms with Gasteiger partial charge in [-0.05, 0) is 209 Å². The third-order valence-corrected chi connectivity index (χ3v) is 18.4. The van der Waals surface area contributed by atoms with Gasteiger partial charge in [0.2, 0.25) is 0 Å². The van der Waals surface area contributed by atoms with Gasteiger partial charge in [0.15, 0.2) is 0 Å². The van der Waals surface area contributed by atoms with Crippen molar-refractivity contribution < 1.29 is 0 Å². The highest BCUT2D eigenvalue weighted by atomic mass is 15.1. The van der Waals surface area contributed by atoms with Gasteiger partial charge in [0.05, 0.1) is 0 Å². The minimum absolute atomic E-state index is 1.11. The summed E-state index contributed by atoms with van der Waals surface area (Å²) >= 11 is 0. The van der Waals surface area contributed by atoms with Crippen molar-refractivity contribution in [2.24, 2.45) is 0 Å². The third-order valence-electron chi connectivity index (χ3n) is 18.4. The van der Waals surface area contributed by atoms with Crippen LogP contribution in [0.2, 0.25) is 0 Å². The molecule has 0 amide bonds. The van der Waals surface area contributed by atoms with Gasteiger partial charge in [-0.15, -0.1) is 0 Å². The van der Waals surface area contributed by atoms with E-state index in [1.807, 2.05) is 0 Å². The zero-order valence-corrected chi connectivity index (χ0v) is 53.7. The van der Waals surface area contributed by atoms with Crippen LogP contribution in [-0.4, -0.2) is 14.1 Å². The van der Waals surface area contributed by atoms with E-state index in [1.54, 1.807) is 0 Å². The molecule has 4 heteroatoms. The average Bonchev–Trinajstić information content (AvgIpc) is 0.875. The fourth-order valence-corrected chi connectivity index (χ4v) is 12.9. The Morgan fingerprint density at radius 2 is 0.312 bits per heavy atom. The Balaban J connectivity index is 0.000000158. The quantitative estimate of drug-likeness (QED) is 0.101. The predicted molar refractivity (Wildman–Crippen MR) is 411 cm³/mol. The number of nitrogens with zero attached hydrogens (tertiary/aromatic N) is 4. The van der Waals surface area contributed by atoms with Crippen LogP contribution in [0.15, 0.2) is 388 Å². The molecular formula is C92H70N4. The van der Waals surface area contributed by atoms with Crippen LogP contribution in [0.4, 0.5) is 56.9 Å². The molecule has 0 atom stereocenters. The van der Waals surface area contributed by atoms with Crippen molar-refractivity contribution in [1.29, 1.82) is 0 Å². The standard InChI is InChI=1S/C47H36N2.C45H34N2/c1-48(43-25-16-38(17-26-43)35-10-4-2-5-11-35)44-27-18-40(19-28-44)41-22-31-46(32-23-41)49(47-33-24-37-14-8-9-15-42(37)34-47)45-29-20-39(21-30-45)36-12-6-3-7-13-36;1-46(44-29-21-34-11-5-7-13-39(34)31-44)41-23-15-37(16-24-41)38-19-27-43(28-20-38)47(45-30-22-35-12-6-8-14-40(35)32-45)42-25-17-36(18-26-42)33-9-3-2-4-10-33/h2-34H,1H3;2-32H,1H3. The van der Waals surface area contributed by atoms with Crippen LogP contribution in [0, 0.1) is 0 Å². The minimum atomic E-state index is 1.11. The number of benzene rings is 16. The lowest BCUT2D eigenvalue weighted by Gasteiger charge is -2.26. The van der Waals surface area contributed by atoms with Gasteiger partial charge < -0.3 is 19.6 Å². The van der Waals surface area contributed by atoms with E-state index in [9.17, 15) is 0 Å². The molecule has 0 aliphatic rings. The summed E-state index contributed by atoms with van der Waals surface area (Å²) in [6.45, 7) is 0. The normalized spacial score (nSPS) is 11.0. The van der Waals surface area contributed by atoms with Crippen molar-refractivity contribution in [2.75, 3.05) is 33.7 Å².